The number of rotatable bonds is 2. The molecule has 1 saturated heterocycles. The maximum absolute atomic E-state index is 11.6. The van der Waals surface area contributed by atoms with Gasteiger partial charge in [0.1, 0.15) is 0 Å². The van der Waals surface area contributed by atoms with Gasteiger partial charge in [-0.3, -0.25) is 4.79 Å². The number of nitrogens with one attached hydrogen (secondary N) is 1. The largest absolute Gasteiger partial charge is 0.469 e. The molecule has 2 rings (SSSR count). The Morgan fingerprint density at radius 1 is 1.60 bits per heavy atom. The van der Waals surface area contributed by atoms with Crippen molar-refractivity contribution in [3.05, 3.63) is 24.0 Å². The second-order valence-corrected chi connectivity index (χ2v) is 3.94. The number of nitrogens with zero attached hydrogens (tertiary/aromatic N) is 1. The van der Waals surface area contributed by atoms with Crippen LogP contribution in [0.15, 0.2) is 18.3 Å². The predicted octanol–water partition coefficient (Wildman–Crippen LogP) is 0.501. The smallest absolute Gasteiger partial charge is 0.310 e. The van der Waals surface area contributed by atoms with E-state index in [-0.39, 0.29) is 17.8 Å². The van der Waals surface area contributed by atoms with Gasteiger partial charge in [-0.2, -0.15) is 0 Å². The number of hydrogen-bond donors (Lipinski definition) is 1. The van der Waals surface area contributed by atoms with Gasteiger partial charge >= 0.3 is 5.97 Å². The van der Waals surface area contributed by atoms with Gasteiger partial charge in [-0.1, -0.05) is 0 Å². The van der Waals surface area contributed by atoms with E-state index in [0.29, 0.717) is 6.54 Å². The van der Waals surface area contributed by atoms with Crippen molar-refractivity contribution in [2.75, 3.05) is 20.2 Å². The van der Waals surface area contributed by atoms with Gasteiger partial charge in [0.05, 0.1) is 13.0 Å². The summed E-state index contributed by atoms with van der Waals surface area (Å²) in [4.78, 5) is 11.6. The Morgan fingerprint density at radius 2 is 2.40 bits per heavy atom. The molecule has 82 valence electrons. The summed E-state index contributed by atoms with van der Waals surface area (Å²) in [6, 6.07) is 4.07. The molecule has 15 heavy (non-hydrogen) atoms. The molecular formula is C11H16N2O2. The van der Waals surface area contributed by atoms with Crippen molar-refractivity contribution in [1.82, 2.24) is 9.88 Å². The van der Waals surface area contributed by atoms with Crippen LogP contribution in [-0.4, -0.2) is 30.7 Å². The molecule has 0 aromatic carbocycles. The number of aryl methyl sites for hydroxylation is 1. The van der Waals surface area contributed by atoms with E-state index in [0.717, 1.165) is 6.54 Å². The molecule has 0 spiro atoms. The third-order valence-electron chi connectivity index (χ3n) is 3.08. The van der Waals surface area contributed by atoms with Crippen LogP contribution in [0.2, 0.25) is 0 Å². The first-order valence-corrected chi connectivity index (χ1v) is 5.14. The lowest BCUT2D eigenvalue weighted by atomic mass is 9.93. The van der Waals surface area contributed by atoms with Gasteiger partial charge in [0.2, 0.25) is 0 Å². The Morgan fingerprint density at radius 3 is 3.00 bits per heavy atom. The molecule has 0 unspecified atom stereocenters. The number of methoxy groups -OCH3 is 1. The standard InChI is InChI=1S/C11H16N2O2/c1-13-5-3-4-10(13)8-6-12-7-9(8)11(14)15-2/h3-5,8-9,12H,6-7H2,1-2H3/t8-,9-/m1/s1. The van der Waals surface area contributed by atoms with Crippen LogP contribution in [0.25, 0.3) is 0 Å². The second kappa shape index (κ2) is 4.06. The van der Waals surface area contributed by atoms with E-state index in [4.69, 9.17) is 4.74 Å². The highest BCUT2D eigenvalue weighted by atomic mass is 16.5. The lowest BCUT2D eigenvalue weighted by molar-refractivity contribution is -0.145. The van der Waals surface area contributed by atoms with E-state index in [2.05, 4.69) is 16.0 Å². The molecule has 4 heteroatoms. The molecule has 1 N–H and O–H groups in total. The van der Waals surface area contributed by atoms with Crippen molar-refractivity contribution in [3.63, 3.8) is 0 Å². The van der Waals surface area contributed by atoms with Gasteiger partial charge in [-0.05, 0) is 12.1 Å². The maximum Gasteiger partial charge on any atom is 0.310 e. The van der Waals surface area contributed by atoms with Crippen LogP contribution in [0.3, 0.4) is 0 Å². The van der Waals surface area contributed by atoms with E-state index in [1.165, 1.54) is 12.8 Å². The summed E-state index contributed by atoms with van der Waals surface area (Å²) >= 11 is 0. The van der Waals surface area contributed by atoms with E-state index in [1.54, 1.807) is 0 Å². The average molecular weight is 208 g/mol. The lowest BCUT2D eigenvalue weighted by Gasteiger charge is -2.17. The fraction of sp³-hybridized carbons (Fsp3) is 0.545. The van der Waals surface area contributed by atoms with Crippen molar-refractivity contribution >= 4 is 5.97 Å². The van der Waals surface area contributed by atoms with Gasteiger partial charge in [0, 0.05) is 37.9 Å². The molecule has 1 aromatic rings. The molecule has 1 aromatic heterocycles. The van der Waals surface area contributed by atoms with Crippen molar-refractivity contribution in [1.29, 1.82) is 0 Å². The highest BCUT2D eigenvalue weighted by Gasteiger charge is 2.35. The third kappa shape index (κ3) is 1.77. The van der Waals surface area contributed by atoms with E-state index < -0.39 is 0 Å². The van der Waals surface area contributed by atoms with Crippen LogP contribution in [0, 0.1) is 5.92 Å². The summed E-state index contributed by atoms with van der Waals surface area (Å²) in [5, 5.41) is 3.24. The van der Waals surface area contributed by atoms with E-state index in [9.17, 15) is 4.79 Å². The quantitative estimate of drug-likeness (QED) is 0.720. The first kappa shape index (κ1) is 10.2. The molecule has 0 radical (unpaired) electrons. The fourth-order valence-corrected chi connectivity index (χ4v) is 2.25. The zero-order valence-corrected chi connectivity index (χ0v) is 9.06. The normalized spacial score (nSPS) is 25.5. The summed E-state index contributed by atoms with van der Waals surface area (Å²) < 4.78 is 6.88. The number of esters is 1. The highest BCUT2D eigenvalue weighted by Crippen LogP contribution is 2.28. The van der Waals surface area contributed by atoms with Crippen LogP contribution < -0.4 is 5.32 Å². The molecule has 2 heterocycles. The molecule has 1 fully saturated rings. The van der Waals surface area contributed by atoms with Gasteiger partial charge in [-0.25, -0.2) is 0 Å². The highest BCUT2D eigenvalue weighted by molar-refractivity contribution is 5.74. The second-order valence-electron chi connectivity index (χ2n) is 3.94. The number of carbonyl (C=O) groups is 1. The Labute approximate surface area is 89.2 Å². The van der Waals surface area contributed by atoms with Gasteiger partial charge < -0.3 is 14.6 Å². The summed E-state index contributed by atoms with van der Waals surface area (Å²) in [5.74, 6) is 0.0623. The maximum atomic E-state index is 11.6. The van der Waals surface area contributed by atoms with Gasteiger partial charge in [0.15, 0.2) is 0 Å². The SMILES string of the molecule is COC(=O)[C@@H]1CNC[C@H]1c1cccn1C. The summed E-state index contributed by atoms with van der Waals surface area (Å²) in [7, 11) is 3.45. The number of hydrogen-bond acceptors (Lipinski definition) is 3. The summed E-state index contributed by atoms with van der Waals surface area (Å²) in [5.41, 5.74) is 1.19. The van der Waals surface area contributed by atoms with Crippen LogP contribution >= 0.6 is 0 Å². The van der Waals surface area contributed by atoms with Crippen LogP contribution in [0.1, 0.15) is 11.6 Å². The Balaban J connectivity index is 2.22. The third-order valence-corrected chi connectivity index (χ3v) is 3.08. The Kier molecular flexibility index (Phi) is 2.77. The number of ether oxygens (including phenoxy) is 1. The molecule has 1 aliphatic rings. The molecule has 0 aliphatic carbocycles. The topological polar surface area (TPSA) is 43.3 Å². The first-order chi connectivity index (χ1) is 7.24. The van der Waals surface area contributed by atoms with Crippen molar-refractivity contribution in [3.8, 4) is 0 Å². The van der Waals surface area contributed by atoms with E-state index in [1.807, 2.05) is 19.3 Å². The predicted molar refractivity (Wildman–Crippen MR) is 56.5 cm³/mol. The lowest BCUT2D eigenvalue weighted by Crippen LogP contribution is -2.23. The zero-order valence-electron chi connectivity index (χ0n) is 9.06. The summed E-state index contributed by atoms with van der Waals surface area (Å²) in [6.45, 7) is 1.56. The molecule has 2 atom stereocenters. The van der Waals surface area contributed by atoms with Gasteiger partial charge in [0.25, 0.3) is 0 Å². The summed E-state index contributed by atoms with van der Waals surface area (Å²) in [6.07, 6.45) is 2.00. The Bertz CT molecular complexity index is 359. The molecule has 0 amide bonds. The van der Waals surface area contributed by atoms with Crippen molar-refractivity contribution in [2.24, 2.45) is 13.0 Å². The molecule has 4 nitrogen and oxygen atoms in total. The van der Waals surface area contributed by atoms with Crippen LogP contribution in [-0.2, 0) is 16.6 Å². The fourth-order valence-electron chi connectivity index (χ4n) is 2.25. The minimum absolute atomic E-state index is 0.0522. The van der Waals surface area contributed by atoms with Gasteiger partial charge in [-0.15, -0.1) is 0 Å². The van der Waals surface area contributed by atoms with Crippen LogP contribution in [0.4, 0.5) is 0 Å². The van der Waals surface area contributed by atoms with Crippen LogP contribution in [0.5, 0.6) is 0 Å². The first-order valence-electron chi connectivity index (χ1n) is 5.14. The molecule has 0 saturated carbocycles. The minimum atomic E-state index is -0.119. The van der Waals surface area contributed by atoms with Crippen molar-refractivity contribution < 1.29 is 9.53 Å². The van der Waals surface area contributed by atoms with E-state index >= 15 is 0 Å². The molecule has 1 aliphatic heterocycles. The number of carbonyl (C=O) groups excluding carboxylic acids is 1. The molecular weight excluding hydrogens is 192 g/mol. The minimum Gasteiger partial charge on any atom is -0.469 e. The average Bonchev–Trinajstić information content (AvgIpc) is 2.84. The molecule has 0 bridgehead atoms. The van der Waals surface area contributed by atoms with Crippen molar-refractivity contribution in [2.45, 2.75) is 5.92 Å². The zero-order chi connectivity index (χ0) is 10.8. The Hall–Kier alpha value is -1.29. The number of aromatic nitrogens is 1. The monoisotopic (exact) mass is 208 g/mol.